The zero-order valence-corrected chi connectivity index (χ0v) is 15.8. The van der Waals surface area contributed by atoms with Gasteiger partial charge in [0.15, 0.2) is 5.65 Å². The van der Waals surface area contributed by atoms with Gasteiger partial charge in [0.05, 0.1) is 10.6 Å². The molecular formula is C19H9Cl3N4O. The molecule has 0 aliphatic carbocycles. The maximum atomic E-state index is 13.0. The number of hydrogen-bond donors (Lipinski definition) is 1. The number of hydrogen-bond acceptors (Lipinski definition) is 3. The van der Waals surface area contributed by atoms with E-state index in [2.05, 4.69) is 16.2 Å². The number of aromatic amines is 1. The molecule has 8 heteroatoms. The number of nitrogens with zero attached hydrogens (tertiary/aromatic N) is 3. The van der Waals surface area contributed by atoms with E-state index in [4.69, 9.17) is 34.8 Å². The summed E-state index contributed by atoms with van der Waals surface area (Å²) in [6.45, 7) is 0. The Morgan fingerprint density at radius 1 is 1.04 bits per heavy atom. The van der Waals surface area contributed by atoms with Crippen LogP contribution < -0.4 is 5.56 Å². The molecule has 0 saturated heterocycles. The third-order valence-electron chi connectivity index (χ3n) is 4.10. The van der Waals surface area contributed by atoms with Crippen LogP contribution in [-0.4, -0.2) is 14.6 Å². The van der Waals surface area contributed by atoms with Crippen LogP contribution >= 0.6 is 34.8 Å². The quantitative estimate of drug-likeness (QED) is 0.489. The van der Waals surface area contributed by atoms with Gasteiger partial charge in [-0.3, -0.25) is 4.79 Å². The Bertz CT molecular complexity index is 1300. The molecule has 2 aromatic heterocycles. The average molecular weight is 416 g/mol. The molecule has 5 nitrogen and oxygen atoms in total. The largest absolute Gasteiger partial charge is 0.345 e. The van der Waals surface area contributed by atoms with E-state index in [-0.39, 0.29) is 16.8 Å². The summed E-state index contributed by atoms with van der Waals surface area (Å²) in [6, 6.07) is 13.9. The average Bonchev–Trinajstić information content (AvgIpc) is 3.01. The van der Waals surface area contributed by atoms with E-state index in [0.717, 1.165) is 4.52 Å². The fourth-order valence-corrected chi connectivity index (χ4v) is 3.54. The fourth-order valence-electron chi connectivity index (χ4n) is 2.85. The Labute approximate surface area is 168 Å². The molecule has 0 unspecified atom stereocenters. The molecule has 27 heavy (non-hydrogen) atoms. The van der Waals surface area contributed by atoms with Crippen molar-refractivity contribution in [1.29, 1.82) is 5.26 Å². The molecule has 4 aromatic rings. The number of benzene rings is 2. The highest BCUT2D eigenvalue weighted by atomic mass is 35.5. The van der Waals surface area contributed by atoms with Crippen LogP contribution in [-0.2, 0) is 0 Å². The van der Waals surface area contributed by atoms with Crippen LogP contribution in [0.25, 0.3) is 28.0 Å². The van der Waals surface area contributed by atoms with Crippen LogP contribution in [0.4, 0.5) is 0 Å². The van der Waals surface area contributed by atoms with Gasteiger partial charge >= 0.3 is 0 Å². The molecule has 2 aromatic carbocycles. The summed E-state index contributed by atoms with van der Waals surface area (Å²) in [6.07, 6.45) is 1.54. The molecule has 0 saturated carbocycles. The number of rotatable bonds is 2. The van der Waals surface area contributed by atoms with Crippen molar-refractivity contribution in [1.82, 2.24) is 14.6 Å². The number of aromatic nitrogens is 3. The number of nitriles is 1. The van der Waals surface area contributed by atoms with E-state index < -0.39 is 0 Å². The van der Waals surface area contributed by atoms with Crippen molar-refractivity contribution >= 4 is 40.4 Å². The Balaban J connectivity index is 2.00. The van der Waals surface area contributed by atoms with Crippen LogP contribution in [0.15, 0.2) is 53.5 Å². The van der Waals surface area contributed by atoms with Crippen LogP contribution in [0.3, 0.4) is 0 Å². The summed E-state index contributed by atoms with van der Waals surface area (Å²) in [5.41, 5.74) is 1.97. The summed E-state index contributed by atoms with van der Waals surface area (Å²) >= 11 is 18.2. The predicted molar refractivity (Wildman–Crippen MR) is 106 cm³/mol. The van der Waals surface area contributed by atoms with Crippen molar-refractivity contribution in [3.8, 4) is 28.5 Å². The Kier molecular flexibility index (Phi) is 4.40. The van der Waals surface area contributed by atoms with Crippen molar-refractivity contribution in [2.75, 3.05) is 0 Å². The Hall–Kier alpha value is -2.78. The first-order chi connectivity index (χ1) is 13.0. The SMILES string of the molecule is N#Cc1c(-c2ccc(Cl)cc2Cl)nn2c(=O)c(-c3cccc(Cl)c3)c[nH]c12. The second-order valence-corrected chi connectivity index (χ2v) is 7.02. The second kappa shape index (κ2) is 6.75. The van der Waals surface area contributed by atoms with E-state index in [1.165, 1.54) is 0 Å². The summed E-state index contributed by atoms with van der Waals surface area (Å²) in [5.74, 6) is 0. The van der Waals surface area contributed by atoms with Gasteiger partial charge in [0, 0.05) is 21.8 Å². The highest BCUT2D eigenvalue weighted by Crippen LogP contribution is 2.32. The second-order valence-electron chi connectivity index (χ2n) is 5.74. The molecule has 0 aliphatic heterocycles. The first-order valence-electron chi connectivity index (χ1n) is 7.75. The summed E-state index contributed by atoms with van der Waals surface area (Å²) in [5, 5.41) is 15.3. The molecule has 4 rings (SSSR count). The molecule has 0 aliphatic rings. The van der Waals surface area contributed by atoms with Gasteiger partial charge in [-0.2, -0.15) is 14.9 Å². The standard InChI is InChI=1S/C19H9Cl3N4O/c20-11-3-1-2-10(6-11)15-9-24-18-14(8-23)17(25-26(18)19(15)27)13-5-4-12(21)7-16(13)22/h1-7,9,24H. The number of halogens is 3. The molecule has 0 fully saturated rings. The van der Waals surface area contributed by atoms with Gasteiger partial charge < -0.3 is 4.98 Å². The maximum Gasteiger partial charge on any atom is 0.282 e. The van der Waals surface area contributed by atoms with Crippen LogP contribution in [0.5, 0.6) is 0 Å². The molecule has 0 atom stereocenters. The lowest BCUT2D eigenvalue weighted by molar-refractivity contribution is 0.905. The van der Waals surface area contributed by atoms with Crippen molar-refractivity contribution in [3.63, 3.8) is 0 Å². The van der Waals surface area contributed by atoms with Crippen LogP contribution in [0.2, 0.25) is 15.1 Å². The monoisotopic (exact) mass is 414 g/mol. The van der Waals surface area contributed by atoms with E-state index in [0.29, 0.717) is 37.5 Å². The minimum Gasteiger partial charge on any atom is -0.345 e. The molecule has 0 radical (unpaired) electrons. The molecule has 2 heterocycles. The summed E-state index contributed by atoms with van der Waals surface area (Å²) < 4.78 is 1.16. The predicted octanol–water partition coefficient (Wildman–Crippen LogP) is 5.19. The lowest BCUT2D eigenvalue weighted by Gasteiger charge is -2.02. The van der Waals surface area contributed by atoms with Crippen LogP contribution in [0, 0.1) is 11.3 Å². The van der Waals surface area contributed by atoms with Crippen molar-refractivity contribution in [2.24, 2.45) is 0 Å². The van der Waals surface area contributed by atoms with Crippen LogP contribution in [0.1, 0.15) is 5.56 Å². The maximum absolute atomic E-state index is 13.0. The smallest absolute Gasteiger partial charge is 0.282 e. The van der Waals surface area contributed by atoms with E-state index >= 15 is 0 Å². The minimum absolute atomic E-state index is 0.217. The number of fused-ring (bicyclic) bond motifs is 1. The van der Waals surface area contributed by atoms with Gasteiger partial charge in [0.25, 0.3) is 5.56 Å². The molecule has 132 valence electrons. The van der Waals surface area contributed by atoms with Gasteiger partial charge in [-0.15, -0.1) is 0 Å². The van der Waals surface area contributed by atoms with Gasteiger partial charge in [-0.25, -0.2) is 0 Å². The molecule has 0 amide bonds. The van der Waals surface area contributed by atoms with Gasteiger partial charge in [0.2, 0.25) is 0 Å². The Morgan fingerprint density at radius 3 is 2.52 bits per heavy atom. The summed E-state index contributed by atoms with van der Waals surface area (Å²) in [4.78, 5) is 16.0. The van der Waals surface area contributed by atoms with Crippen molar-refractivity contribution in [3.05, 3.63) is 79.6 Å². The van der Waals surface area contributed by atoms with E-state index in [9.17, 15) is 10.1 Å². The third kappa shape index (κ3) is 2.98. The van der Waals surface area contributed by atoms with Gasteiger partial charge in [-0.1, -0.05) is 46.9 Å². The van der Waals surface area contributed by atoms with Crippen molar-refractivity contribution in [2.45, 2.75) is 0 Å². The lowest BCUT2D eigenvalue weighted by Crippen LogP contribution is -2.17. The van der Waals surface area contributed by atoms with E-state index in [1.807, 2.05) is 0 Å². The molecule has 1 N–H and O–H groups in total. The highest BCUT2D eigenvalue weighted by molar-refractivity contribution is 6.36. The fraction of sp³-hybridized carbons (Fsp3) is 0. The lowest BCUT2D eigenvalue weighted by atomic mass is 10.1. The van der Waals surface area contributed by atoms with Gasteiger partial charge in [0.1, 0.15) is 17.3 Å². The molecule has 0 bridgehead atoms. The number of H-pyrrole nitrogens is 1. The van der Waals surface area contributed by atoms with E-state index in [1.54, 1.807) is 48.7 Å². The first kappa shape index (κ1) is 17.6. The highest BCUT2D eigenvalue weighted by Gasteiger charge is 2.20. The van der Waals surface area contributed by atoms with Gasteiger partial charge in [-0.05, 0) is 35.9 Å². The molecule has 0 spiro atoms. The summed E-state index contributed by atoms with van der Waals surface area (Å²) in [7, 11) is 0. The first-order valence-corrected chi connectivity index (χ1v) is 8.89. The zero-order chi connectivity index (χ0) is 19.1. The molecular weight excluding hydrogens is 407 g/mol. The third-order valence-corrected chi connectivity index (χ3v) is 4.88. The minimum atomic E-state index is -0.376. The topological polar surface area (TPSA) is 74.0 Å². The zero-order valence-electron chi connectivity index (χ0n) is 13.5. The number of nitrogens with one attached hydrogen (secondary N) is 1. The van der Waals surface area contributed by atoms with Crippen molar-refractivity contribution < 1.29 is 0 Å². The normalized spacial score (nSPS) is 10.9. The Morgan fingerprint density at radius 2 is 1.81 bits per heavy atom.